The molecular weight excluding hydrogens is 344 g/mol. The molecule has 0 unspecified atom stereocenters. The van der Waals surface area contributed by atoms with Gasteiger partial charge in [-0.2, -0.15) is 0 Å². The smallest absolute Gasteiger partial charge is 0.242 e. The van der Waals surface area contributed by atoms with Gasteiger partial charge < -0.3 is 5.32 Å². The Bertz CT molecular complexity index is 920. The van der Waals surface area contributed by atoms with Gasteiger partial charge in [0.15, 0.2) is 5.13 Å². The topological polar surface area (TPSA) is 75.2 Å². The zero-order valence-corrected chi connectivity index (χ0v) is 14.8. The first kappa shape index (κ1) is 16.6. The molecule has 0 saturated heterocycles. The van der Waals surface area contributed by atoms with Crippen molar-refractivity contribution >= 4 is 32.2 Å². The van der Waals surface area contributed by atoms with Gasteiger partial charge in [0.2, 0.25) is 10.0 Å². The summed E-state index contributed by atoms with van der Waals surface area (Å²) in [5.74, 6) is 0. The molecule has 0 amide bonds. The van der Waals surface area contributed by atoms with Crippen molar-refractivity contribution in [3.63, 3.8) is 0 Å². The Morgan fingerprint density at radius 1 is 1.04 bits per heavy atom. The molecular formula is C16H16N4O2S2. The van der Waals surface area contributed by atoms with Gasteiger partial charge >= 0.3 is 0 Å². The molecule has 0 radical (unpaired) electrons. The van der Waals surface area contributed by atoms with Gasteiger partial charge in [-0.05, 0) is 36.4 Å². The van der Waals surface area contributed by atoms with Crippen molar-refractivity contribution < 1.29 is 8.42 Å². The highest BCUT2D eigenvalue weighted by Gasteiger charge is 2.16. The summed E-state index contributed by atoms with van der Waals surface area (Å²) in [6.07, 6.45) is 3.46. The van der Waals surface area contributed by atoms with Crippen LogP contribution in [0, 0.1) is 0 Å². The van der Waals surface area contributed by atoms with Gasteiger partial charge in [0.05, 0.1) is 10.6 Å². The SMILES string of the molecule is CN(C)S(=O)(=O)c1ccc(Nc2nc(-c3ccncc3)cs2)cc1. The summed E-state index contributed by atoms with van der Waals surface area (Å²) < 4.78 is 25.3. The van der Waals surface area contributed by atoms with Crippen LogP contribution >= 0.6 is 11.3 Å². The highest BCUT2D eigenvalue weighted by atomic mass is 32.2. The molecule has 0 aliphatic heterocycles. The van der Waals surface area contributed by atoms with Crippen LogP contribution in [-0.2, 0) is 10.0 Å². The monoisotopic (exact) mass is 360 g/mol. The van der Waals surface area contributed by atoms with Crippen LogP contribution in [0.15, 0.2) is 59.1 Å². The van der Waals surface area contributed by atoms with Gasteiger partial charge in [-0.3, -0.25) is 4.98 Å². The molecule has 0 spiro atoms. The Morgan fingerprint density at radius 2 is 1.71 bits per heavy atom. The first-order chi connectivity index (χ1) is 11.5. The zero-order valence-electron chi connectivity index (χ0n) is 13.2. The Morgan fingerprint density at radius 3 is 2.33 bits per heavy atom. The molecule has 0 fully saturated rings. The highest BCUT2D eigenvalue weighted by molar-refractivity contribution is 7.89. The maximum Gasteiger partial charge on any atom is 0.242 e. The van der Waals surface area contributed by atoms with Gasteiger partial charge in [-0.25, -0.2) is 17.7 Å². The van der Waals surface area contributed by atoms with Crippen molar-refractivity contribution in [2.75, 3.05) is 19.4 Å². The second-order valence-electron chi connectivity index (χ2n) is 5.21. The van der Waals surface area contributed by atoms with E-state index in [2.05, 4.69) is 15.3 Å². The molecule has 0 aliphatic carbocycles. The fourth-order valence-corrected chi connectivity index (χ4v) is 3.67. The molecule has 3 rings (SSSR count). The molecule has 2 heterocycles. The van der Waals surface area contributed by atoms with Crippen LogP contribution < -0.4 is 5.32 Å². The molecule has 0 atom stereocenters. The second kappa shape index (κ2) is 6.68. The maximum absolute atomic E-state index is 12.1. The first-order valence-corrected chi connectivity index (χ1v) is 9.44. The van der Waals surface area contributed by atoms with E-state index in [1.54, 1.807) is 36.7 Å². The number of nitrogens with zero attached hydrogens (tertiary/aromatic N) is 3. The maximum atomic E-state index is 12.1. The van der Waals surface area contributed by atoms with E-state index >= 15 is 0 Å². The lowest BCUT2D eigenvalue weighted by Gasteiger charge is -2.11. The van der Waals surface area contributed by atoms with Crippen LogP contribution in [0.3, 0.4) is 0 Å². The average molecular weight is 360 g/mol. The summed E-state index contributed by atoms with van der Waals surface area (Å²) in [6.45, 7) is 0. The summed E-state index contributed by atoms with van der Waals surface area (Å²) in [7, 11) is -0.389. The van der Waals surface area contributed by atoms with E-state index in [0.29, 0.717) is 0 Å². The average Bonchev–Trinajstić information content (AvgIpc) is 3.04. The Labute approximate surface area is 144 Å². The number of benzene rings is 1. The molecule has 1 aromatic carbocycles. The van der Waals surface area contributed by atoms with E-state index in [1.165, 1.54) is 29.7 Å². The molecule has 0 saturated carbocycles. The van der Waals surface area contributed by atoms with Crippen LogP contribution in [0.4, 0.5) is 10.8 Å². The van der Waals surface area contributed by atoms with Crippen molar-refractivity contribution in [2.24, 2.45) is 0 Å². The van der Waals surface area contributed by atoms with Crippen molar-refractivity contribution in [3.8, 4) is 11.3 Å². The number of hydrogen-bond donors (Lipinski definition) is 1. The largest absolute Gasteiger partial charge is 0.332 e. The Kier molecular flexibility index (Phi) is 4.61. The zero-order chi connectivity index (χ0) is 17.2. The fraction of sp³-hybridized carbons (Fsp3) is 0.125. The number of rotatable bonds is 5. The lowest BCUT2D eigenvalue weighted by molar-refractivity contribution is 0.521. The lowest BCUT2D eigenvalue weighted by Crippen LogP contribution is -2.22. The van der Waals surface area contributed by atoms with Crippen molar-refractivity contribution in [1.29, 1.82) is 0 Å². The number of anilines is 2. The third-order valence-electron chi connectivity index (χ3n) is 3.36. The minimum Gasteiger partial charge on any atom is -0.332 e. The molecule has 1 N–H and O–H groups in total. The molecule has 8 heteroatoms. The molecule has 0 aliphatic rings. The first-order valence-electron chi connectivity index (χ1n) is 7.12. The van der Waals surface area contributed by atoms with E-state index in [-0.39, 0.29) is 4.90 Å². The lowest BCUT2D eigenvalue weighted by atomic mass is 10.2. The number of hydrogen-bond acceptors (Lipinski definition) is 6. The van der Waals surface area contributed by atoms with Crippen LogP contribution in [0.5, 0.6) is 0 Å². The van der Waals surface area contributed by atoms with Gasteiger partial charge in [0, 0.05) is 43.1 Å². The van der Waals surface area contributed by atoms with Crippen molar-refractivity contribution in [3.05, 3.63) is 54.2 Å². The third-order valence-corrected chi connectivity index (χ3v) is 5.95. The quantitative estimate of drug-likeness (QED) is 0.756. The van der Waals surface area contributed by atoms with E-state index in [0.717, 1.165) is 22.1 Å². The fourth-order valence-electron chi connectivity index (χ4n) is 2.03. The normalized spacial score (nSPS) is 11.6. The van der Waals surface area contributed by atoms with Crippen LogP contribution in [0.25, 0.3) is 11.3 Å². The minimum absolute atomic E-state index is 0.259. The summed E-state index contributed by atoms with van der Waals surface area (Å²) in [5.41, 5.74) is 2.65. The number of pyridine rings is 1. The Balaban J connectivity index is 1.77. The third kappa shape index (κ3) is 3.45. The molecule has 3 aromatic rings. The molecule has 6 nitrogen and oxygen atoms in total. The van der Waals surface area contributed by atoms with Gasteiger partial charge in [-0.15, -0.1) is 11.3 Å². The van der Waals surface area contributed by atoms with E-state index in [9.17, 15) is 8.42 Å². The van der Waals surface area contributed by atoms with Crippen LogP contribution in [0.2, 0.25) is 0 Å². The van der Waals surface area contributed by atoms with Crippen molar-refractivity contribution in [2.45, 2.75) is 4.90 Å². The number of aromatic nitrogens is 2. The molecule has 2 aromatic heterocycles. The van der Waals surface area contributed by atoms with Gasteiger partial charge in [0.1, 0.15) is 0 Å². The number of sulfonamides is 1. The van der Waals surface area contributed by atoms with Gasteiger partial charge in [-0.1, -0.05) is 0 Å². The molecule has 0 bridgehead atoms. The summed E-state index contributed by atoms with van der Waals surface area (Å²) in [5, 5.41) is 5.89. The predicted octanol–water partition coefficient (Wildman–Crippen LogP) is 3.20. The second-order valence-corrected chi connectivity index (χ2v) is 8.22. The molecule has 124 valence electrons. The molecule has 24 heavy (non-hydrogen) atoms. The summed E-state index contributed by atoms with van der Waals surface area (Å²) in [6, 6.07) is 10.4. The van der Waals surface area contributed by atoms with E-state index < -0.39 is 10.0 Å². The summed E-state index contributed by atoms with van der Waals surface area (Å²) in [4.78, 5) is 8.78. The van der Waals surface area contributed by atoms with E-state index in [4.69, 9.17) is 0 Å². The highest BCUT2D eigenvalue weighted by Crippen LogP contribution is 2.27. The Hall–Kier alpha value is -2.29. The minimum atomic E-state index is -3.41. The number of thiazole rings is 1. The van der Waals surface area contributed by atoms with Crippen molar-refractivity contribution in [1.82, 2.24) is 14.3 Å². The predicted molar refractivity (Wildman–Crippen MR) is 95.9 cm³/mol. The standard InChI is InChI=1S/C16H16N4O2S2/c1-20(2)24(21,22)14-5-3-13(4-6-14)18-16-19-15(11-23-16)12-7-9-17-10-8-12/h3-11H,1-2H3,(H,18,19). The summed E-state index contributed by atoms with van der Waals surface area (Å²) >= 11 is 1.48. The van der Waals surface area contributed by atoms with Crippen LogP contribution in [-0.4, -0.2) is 36.8 Å². The van der Waals surface area contributed by atoms with E-state index in [1.807, 2.05) is 17.5 Å². The van der Waals surface area contributed by atoms with Crippen LogP contribution in [0.1, 0.15) is 0 Å². The van der Waals surface area contributed by atoms with Gasteiger partial charge in [0.25, 0.3) is 0 Å². The number of nitrogens with one attached hydrogen (secondary N) is 1.